The topological polar surface area (TPSA) is 366 Å². The average Bonchev–Trinajstić information content (AvgIpc) is 1.40. The van der Waals surface area contributed by atoms with E-state index in [1.807, 2.05) is 13.8 Å². The Bertz CT molecular complexity index is 3960. The van der Waals surface area contributed by atoms with Crippen molar-refractivity contribution in [2.75, 3.05) is 75.1 Å². The van der Waals surface area contributed by atoms with Crippen molar-refractivity contribution in [3.8, 4) is 23.0 Å². The lowest BCUT2D eigenvalue weighted by Gasteiger charge is -2.38. The quantitative estimate of drug-likeness (QED) is 0.00887. The molecule has 32 heteroatoms. The van der Waals surface area contributed by atoms with Crippen LogP contribution in [0.4, 0.5) is 41.9 Å². The van der Waals surface area contributed by atoms with Gasteiger partial charge in [-0.2, -0.15) is 0 Å². The molecule has 0 bridgehead atoms. The summed E-state index contributed by atoms with van der Waals surface area (Å²) in [6, 6.07) is 14.4. The van der Waals surface area contributed by atoms with Gasteiger partial charge in [-0.25, -0.2) is 19.2 Å². The smallest absolute Gasteiger partial charge is 0.411 e. The van der Waals surface area contributed by atoms with Crippen LogP contribution in [0.2, 0.25) is 36.3 Å². The van der Waals surface area contributed by atoms with E-state index in [1.54, 1.807) is 98.4 Å². The molecular weight excluding hydrogens is 1540 g/mol. The number of carbonyl (C=O) groups excluding carboxylic acids is 10. The first-order chi connectivity index (χ1) is 55.0. The van der Waals surface area contributed by atoms with Crippen LogP contribution in [0, 0.1) is 11.8 Å². The molecule has 4 aromatic rings. The maximum absolute atomic E-state index is 15.0. The van der Waals surface area contributed by atoms with Gasteiger partial charge >= 0.3 is 24.4 Å². The number of benzene rings is 4. The van der Waals surface area contributed by atoms with Crippen molar-refractivity contribution in [3.63, 3.8) is 0 Å². The van der Waals surface area contributed by atoms with Gasteiger partial charge in [0, 0.05) is 35.9 Å². The highest BCUT2D eigenvalue weighted by Gasteiger charge is 2.42. The maximum atomic E-state index is 15.0. The van der Waals surface area contributed by atoms with Crippen molar-refractivity contribution < 1.29 is 94.7 Å². The Morgan fingerprint density at radius 2 is 0.821 bits per heavy atom. The predicted octanol–water partition coefficient (Wildman–Crippen LogP) is 14.9. The van der Waals surface area contributed by atoms with Crippen molar-refractivity contribution in [1.29, 1.82) is 0 Å². The molecule has 6 rings (SSSR count). The van der Waals surface area contributed by atoms with Crippen LogP contribution in [0.3, 0.4) is 0 Å². The molecule has 2 heterocycles. The molecule has 8 N–H and O–H groups in total. The minimum absolute atomic E-state index is 0.0461. The number of alkyl carbamates (subject to hydrolysis) is 2. The number of nitrogens with zero attached hydrogens (tertiary/aromatic N) is 2. The highest BCUT2D eigenvalue weighted by molar-refractivity contribution is 6.74. The second-order valence-corrected chi connectivity index (χ2v) is 42.4. The summed E-state index contributed by atoms with van der Waals surface area (Å²) in [4.78, 5) is 138. The molecule has 0 aromatic heterocycles. The maximum Gasteiger partial charge on any atom is 0.411 e. The zero-order chi connectivity index (χ0) is 86.9. The molecule has 640 valence electrons. The second kappa shape index (κ2) is 43.5. The van der Waals surface area contributed by atoms with E-state index in [0.717, 1.165) is 11.1 Å². The number of unbranched alkanes of at least 4 members (excludes halogenated alkanes) is 2. The zero-order valence-electron chi connectivity index (χ0n) is 71.5. The third-order valence-electron chi connectivity index (χ3n) is 20.6. The second-order valence-electron chi connectivity index (χ2n) is 32.8. The van der Waals surface area contributed by atoms with Crippen molar-refractivity contribution >= 4 is 99.2 Å². The van der Waals surface area contributed by atoms with Crippen molar-refractivity contribution in [2.24, 2.45) is 11.8 Å². The van der Waals surface area contributed by atoms with Gasteiger partial charge in [-0.3, -0.25) is 39.4 Å². The number of hydrogen-bond acceptors (Lipinski definition) is 20. The Balaban J connectivity index is 1.15. The molecule has 0 saturated heterocycles. The normalized spacial score (nSPS) is 15.2. The largest absolute Gasteiger partial charge is 0.493 e. The summed E-state index contributed by atoms with van der Waals surface area (Å²) in [6.45, 7) is 42.7. The van der Waals surface area contributed by atoms with Crippen LogP contribution in [0.5, 0.6) is 23.0 Å². The molecule has 0 spiro atoms. The Hall–Kier alpha value is -10.7. The molecule has 0 fully saturated rings. The van der Waals surface area contributed by atoms with Crippen LogP contribution in [0.1, 0.15) is 161 Å². The SMILES string of the molecule is C=CCOC(=O)N[C@H](C(=O)N[C@@H](C)C(=O)Nc1ccc(COC(=O)Nc2cc(OCCCCCOc3cc(NC(=O)OCc4ccc(NC(=O)[C@H](C)NC(=O)[C@@H](NC(=O)OCC=C)C(C)C)cc4)c(C(=O)N4C=C(C)C[C@H]4CO[Si](C)(C)C(C)(C)C)cc3OC)c(OC)cc2C(=O)N2C=C(C)C[C@H]2CO[Si](C)(C)C(C)(C)C)cc1)C(C)C. The number of rotatable bonds is 40. The van der Waals surface area contributed by atoms with Crippen molar-refractivity contribution in [1.82, 2.24) is 31.1 Å². The fourth-order valence-electron chi connectivity index (χ4n) is 11.6. The molecule has 0 unspecified atom stereocenters. The van der Waals surface area contributed by atoms with Crippen molar-refractivity contribution in [3.05, 3.63) is 144 Å². The van der Waals surface area contributed by atoms with Crippen LogP contribution in [-0.2, 0) is 60.2 Å². The van der Waals surface area contributed by atoms with E-state index in [0.29, 0.717) is 54.6 Å². The number of amides is 10. The van der Waals surface area contributed by atoms with Gasteiger partial charge in [0.2, 0.25) is 23.6 Å². The van der Waals surface area contributed by atoms with Crippen LogP contribution in [-0.4, -0.2) is 176 Å². The van der Waals surface area contributed by atoms with Crippen LogP contribution in [0.15, 0.2) is 122 Å². The summed E-state index contributed by atoms with van der Waals surface area (Å²) in [5.41, 5.74) is 4.14. The zero-order valence-corrected chi connectivity index (χ0v) is 73.5. The fraction of sp³-hybridized carbons (Fsp3) is 0.506. The van der Waals surface area contributed by atoms with Gasteiger partial charge < -0.3 is 88.4 Å². The molecule has 30 nitrogen and oxygen atoms in total. The Kier molecular flexibility index (Phi) is 35.4. The van der Waals surface area contributed by atoms with E-state index in [1.165, 1.54) is 64.5 Å². The molecule has 0 radical (unpaired) electrons. The molecule has 6 atom stereocenters. The van der Waals surface area contributed by atoms with Gasteiger partial charge in [-0.1, -0.05) is 130 Å². The number of hydrogen-bond donors (Lipinski definition) is 8. The van der Waals surface area contributed by atoms with Gasteiger partial charge in [0.25, 0.3) is 11.8 Å². The highest BCUT2D eigenvalue weighted by Crippen LogP contribution is 2.42. The fourth-order valence-corrected chi connectivity index (χ4v) is 13.7. The lowest BCUT2D eigenvalue weighted by atomic mass is 10.0. The van der Waals surface area contributed by atoms with E-state index in [-0.39, 0.29) is 132 Å². The van der Waals surface area contributed by atoms with E-state index >= 15 is 0 Å². The lowest BCUT2D eigenvalue weighted by molar-refractivity contribution is -0.128. The Morgan fingerprint density at radius 1 is 0.470 bits per heavy atom. The van der Waals surface area contributed by atoms with Gasteiger partial charge in [0.05, 0.1) is 75.2 Å². The van der Waals surface area contributed by atoms with E-state index in [4.69, 9.17) is 46.7 Å². The summed E-state index contributed by atoms with van der Waals surface area (Å²) in [6.07, 6.45) is 5.68. The summed E-state index contributed by atoms with van der Waals surface area (Å²) in [7, 11) is -1.60. The van der Waals surface area contributed by atoms with Gasteiger partial charge in [0.1, 0.15) is 50.6 Å². The Labute approximate surface area is 690 Å². The first-order valence-electron chi connectivity index (χ1n) is 39.3. The number of anilines is 4. The molecule has 10 amide bonds. The van der Waals surface area contributed by atoms with E-state index in [2.05, 4.69) is 123 Å². The number of methoxy groups -OCH3 is 2. The number of carbonyl (C=O) groups is 10. The van der Waals surface area contributed by atoms with E-state index < -0.39 is 101 Å². The van der Waals surface area contributed by atoms with Gasteiger partial charge in [0.15, 0.2) is 39.6 Å². The molecule has 0 aliphatic carbocycles. The van der Waals surface area contributed by atoms with Crippen LogP contribution < -0.4 is 61.5 Å². The van der Waals surface area contributed by atoms with Gasteiger partial charge in [-0.15, -0.1) is 0 Å². The number of ether oxygens (including phenoxy) is 8. The van der Waals surface area contributed by atoms with E-state index in [9.17, 15) is 47.9 Å². The summed E-state index contributed by atoms with van der Waals surface area (Å²) < 4.78 is 59.1. The molecule has 2 aliphatic heterocycles. The molecule has 117 heavy (non-hydrogen) atoms. The average molecular weight is 1660 g/mol. The molecule has 2 aliphatic rings. The molecule has 4 aromatic carbocycles. The number of nitrogens with one attached hydrogen (secondary N) is 8. The monoisotopic (exact) mass is 1660 g/mol. The Morgan fingerprint density at radius 3 is 1.14 bits per heavy atom. The minimum Gasteiger partial charge on any atom is -0.493 e. The first-order valence-corrected chi connectivity index (χ1v) is 45.2. The van der Waals surface area contributed by atoms with Crippen LogP contribution in [0.25, 0.3) is 0 Å². The summed E-state index contributed by atoms with van der Waals surface area (Å²) in [5.74, 6) is -2.88. The van der Waals surface area contributed by atoms with Crippen LogP contribution >= 0.6 is 0 Å². The third-order valence-corrected chi connectivity index (χ3v) is 29.6. The predicted molar refractivity (Wildman–Crippen MR) is 453 cm³/mol. The third kappa shape index (κ3) is 28.3. The lowest BCUT2D eigenvalue weighted by Crippen LogP contribution is -2.53. The summed E-state index contributed by atoms with van der Waals surface area (Å²) in [5, 5.41) is 21.2. The first kappa shape index (κ1) is 95.1. The molecule has 0 saturated carbocycles. The highest BCUT2D eigenvalue weighted by atomic mass is 28.4. The molecular formula is C85H122N10O20Si2. The minimum atomic E-state index is -2.25. The van der Waals surface area contributed by atoms with Gasteiger partial charge in [-0.05, 0) is 155 Å². The van der Waals surface area contributed by atoms with Crippen molar-refractivity contribution in [2.45, 2.75) is 215 Å². The summed E-state index contributed by atoms with van der Waals surface area (Å²) >= 11 is 0. The standard InChI is InChI=1S/C85H122N10O20Si2/c1-23-36-110-82(104)92-72(52(3)4)76(98)86-56(9)74(96)88-60-32-28-58(29-33-60)48-112-80(102)90-66-44-70(68(106-17)42-64(66)78(100)94-46-54(7)40-62(94)50-114-116(19,20)84(11,12)13)108-38-26-25-27-39-109-71-45-67(65(43-69(71)107-18)79(101)95-47-55(8)41-63(95)51-115-117(21,22)85(14,15)16)91-81(103)113-49-59-30-34-61(35-31-59)89-75(97)57(10)87-77(99)73(53(5)6)93-83(105)111-37-24-2/h23-24,28-35,42-47,52-53,56-57,62-63,72-73H,1-2,25-27,36-41,48-51H2,3-22H3,(H,86,98)(H,87,99)(H,88,96)(H,89,97)(H,90,102)(H,91,103)(H,92,104)(H,93,105)/t56-,57-,62-,63-,72-,73-/m0/s1.